The summed E-state index contributed by atoms with van der Waals surface area (Å²) in [5.41, 5.74) is 10.7. The molecule has 7 aromatic rings. The molecule has 2 aliphatic carbocycles. The van der Waals surface area contributed by atoms with Gasteiger partial charge in [0.15, 0.2) is 6.20 Å². The summed E-state index contributed by atoms with van der Waals surface area (Å²) < 4.78 is 4.08. The van der Waals surface area contributed by atoms with Crippen LogP contribution in [0, 0.1) is 0 Å². The van der Waals surface area contributed by atoms with Gasteiger partial charge >= 0.3 is 17.6 Å². The van der Waals surface area contributed by atoms with Crippen LogP contribution in [0.1, 0.15) is 39.1 Å². The van der Waals surface area contributed by atoms with Crippen LogP contribution in [0.2, 0.25) is 0 Å². The van der Waals surface area contributed by atoms with E-state index in [1.807, 2.05) is 42.6 Å². The van der Waals surface area contributed by atoms with Crippen molar-refractivity contribution >= 4 is 17.6 Å². The normalized spacial score (nSPS) is 19.7. The fraction of sp³-hybridized carbons (Fsp3) is 0.0769. The van der Waals surface area contributed by atoms with Crippen molar-refractivity contribution in [2.24, 2.45) is 0 Å². The van der Waals surface area contributed by atoms with Crippen molar-refractivity contribution in [2.75, 3.05) is 7.05 Å². The van der Waals surface area contributed by atoms with E-state index >= 15 is 0 Å². The largest absolute Gasteiger partial charge is 0.474 e. The van der Waals surface area contributed by atoms with Crippen LogP contribution in [-0.4, -0.2) is 52.3 Å². The van der Waals surface area contributed by atoms with Gasteiger partial charge in [0.25, 0.3) is 0 Å². The highest BCUT2D eigenvalue weighted by Crippen LogP contribution is 2.58. The first-order valence-corrected chi connectivity index (χ1v) is 15.5. The third-order valence-corrected chi connectivity index (χ3v) is 10.1. The van der Waals surface area contributed by atoms with E-state index in [1.165, 1.54) is 11.1 Å². The smallest absolute Gasteiger partial charge is 0.281 e. The number of H-pyrrole nitrogens is 1. The molecule has 3 aliphatic rings. The third-order valence-electron chi connectivity index (χ3n) is 10.1. The molecular formula is C39H26N8+2. The van der Waals surface area contributed by atoms with Gasteiger partial charge in [-0.2, -0.15) is 10.1 Å². The minimum absolute atomic E-state index is 0.684. The van der Waals surface area contributed by atoms with Gasteiger partial charge < -0.3 is 0 Å². The van der Waals surface area contributed by atoms with Gasteiger partial charge in [0.05, 0.1) is 17.3 Å². The molecule has 2 unspecified atom stereocenters. The lowest BCUT2D eigenvalue weighted by Gasteiger charge is -2.34. The van der Waals surface area contributed by atoms with Crippen LogP contribution < -0.4 is 0 Å². The van der Waals surface area contributed by atoms with Crippen LogP contribution in [0.25, 0.3) is 22.3 Å². The summed E-state index contributed by atoms with van der Waals surface area (Å²) in [6, 6.07) is 36.1. The second kappa shape index (κ2) is 9.33. The molecule has 0 saturated heterocycles. The van der Waals surface area contributed by atoms with Crippen molar-refractivity contribution in [1.29, 1.82) is 0 Å². The topological polar surface area (TPSA) is 86.3 Å². The highest BCUT2D eigenvalue weighted by molar-refractivity contribution is 5.86. The van der Waals surface area contributed by atoms with Crippen LogP contribution in [0.3, 0.4) is 0 Å². The molecule has 5 heterocycles. The third kappa shape index (κ3) is 3.14. The zero-order valence-electron chi connectivity index (χ0n) is 25.3. The maximum atomic E-state index is 4.88. The number of aromatic amines is 1. The van der Waals surface area contributed by atoms with Crippen LogP contribution in [0.5, 0.6) is 0 Å². The van der Waals surface area contributed by atoms with Crippen molar-refractivity contribution < 1.29 is 9.15 Å². The van der Waals surface area contributed by atoms with E-state index in [-0.39, 0.29) is 0 Å². The lowest BCUT2D eigenvalue weighted by atomic mass is 9.69. The standard InChI is InChI=1S/C39H26N8/c1-46-24-47(37-36(46)42-19-20-43-37)39(32-12-5-3-10-28(32)30-14-17-41-23-34(30)39)26-8-6-7-25(21-26)38(35-15-18-44-45-35)31-11-4-2-9-27(31)29-13-16-40-22-33(29)38/h2-23H,1H3,(H,44,45)/q+2. The molecule has 47 heavy (non-hydrogen) atoms. The highest BCUT2D eigenvalue weighted by atomic mass is 15.3. The summed E-state index contributed by atoms with van der Waals surface area (Å²) >= 11 is 0. The first-order valence-electron chi connectivity index (χ1n) is 15.5. The first-order chi connectivity index (χ1) is 23.2. The van der Waals surface area contributed by atoms with Crippen molar-refractivity contribution in [1.82, 2.24) is 30.1 Å². The van der Waals surface area contributed by atoms with Crippen molar-refractivity contribution in [3.8, 4) is 22.3 Å². The predicted octanol–water partition coefficient (Wildman–Crippen LogP) is 6.43. The lowest BCUT2D eigenvalue weighted by molar-refractivity contribution is -0.520. The van der Waals surface area contributed by atoms with E-state index in [2.05, 4.69) is 117 Å². The number of pyridine rings is 2. The maximum absolute atomic E-state index is 4.88. The summed E-state index contributed by atoms with van der Waals surface area (Å²) in [5, 5.41) is 7.83. The van der Waals surface area contributed by atoms with E-state index in [0.717, 1.165) is 61.8 Å². The molecule has 8 nitrogen and oxygen atoms in total. The molecule has 0 amide bonds. The summed E-state index contributed by atoms with van der Waals surface area (Å²) in [5.74, 6) is 1.48. The number of nitrogens with zero attached hydrogens (tertiary/aromatic N) is 7. The molecule has 8 heteroatoms. The van der Waals surface area contributed by atoms with Gasteiger partial charge in [-0.1, -0.05) is 66.7 Å². The number of fused-ring (bicyclic) bond motifs is 7. The molecule has 10 rings (SSSR count). The number of nitrogens with one attached hydrogen (secondary N) is 1. The second-order valence-corrected chi connectivity index (χ2v) is 12.1. The van der Waals surface area contributed by atoms with Crippen LogP contribution in [-0.2, 0) is 11.0 Å². The second-order valence-electron chi connectivity index (χ2n) is 12.1. The number of hydrogen-bond acceptors (Lipinski definition) is 5. The Kier molecular flexibility index (Phi) is 5.14. The average Bonchev–Trinajstić information content (AvgIpc) is 3.91. The minimum atomic E-state index is -0.850. The van der Waals surface area contributed by atoms with E-state index < -0.39 is 11.0 Å². The summed E-state index contributed by atoms with van der Waals surface area (Å²) in [6.45, 7) is 0. The Balaban J connectivity index is 1.34. The van der Waals surface area contributed by atoms with Gasteiger partial charge in [0, 0.05) is 52.7 Å². The van der Waals surface area contributed by atoms with Gasteiger partial charge in [-0.15, -0.1) is 9.15 Å². The Morgan fingerprint density at radius 3 is 2.04 bits per heavy atom. The van der Waals surface area contributed by atoms with Crippen molar-refractivity contribution in [2.45, 2.75) is 11.0 Å². The van der Waals surface area contributed by atoms with Crippen molar-refractivity contribution in [3.05, 3.63) is 173 Å². The molecular weight excluding hydrogens is 580 g/mol. The Bertz CT molecular complexity index is 2400. The highest BCUT2D eigenvalue weighted by Gasteiger charge is 2.58. The lowest BCUT2D eigenvalue weighted by Crippen LogP contribution is -2.38. The molecule has 1 aliphatic heterocycles. The monoisotopic (exact) mass is 606 g/mol. The summed E-state index contributed by atoms with van der Waals surface area (Å²) in [7, 11) is 1.97. The maximum Gasteiger partial charge on any atom is 0.474 e. The number of benzene rings is 3. The van der Waals surface area contributed by atoms with E-state index in [9.17, 15) is 0 Å². The minimum Gasteiger partial charge on any atom is -0.281 e. The van der Waals surface area contributed by atoms with E-state index in [0.29, 0.717) is 0 Å². The van der Waals surface area contributed by atoms with Crippen LogP contribution in [0.4, 0.5) is 11.6 Å². The molecule has 0 saturated carbocycles. The SMILES string of the molecule is C[N+]1=C=[N+](C2(c3cccc(C4(c5ccn[nH]5)c5ccccc5-c5ccncc54)c3)c3ccccc3-c3ccncc32)c2nccnc21. The average molecular weight is 607 g/mol. The molecule has 0 bridgehead atoms. The number of rotatable bonds is 4. The summed E-state index contributed by atoms with van der Waals surface area (Å²) in [4.78, 5) is 18.9. The van der Waals surface area contributed by atoms with Crippen LogP contribution in [0.15, 0.2) is 134 Å². The molecule has 220 valence electrons. The van der Waals surface area contributed by atoms with E-state index in [1.54, 1.807) is 12.4 Å². The Morgan fingerprint density at radius 1 is 0.596 bits per heavy atom. The van der Waals surface area contributed by atoms with Crippen molar-refractivity contribution in [3.63, 3.8) is 0 Å². The number of aromatic nitrogens is 6. The molecule has 0 fully saturated rings. The Morgan fingerprint density at radius 2 is 1.26 bits per heavy atom. The fourth-order valence-corrected chi connectivity index (χ4v) is 8.29. The van der Waals surface area contributed by atoms with Crippen LogP contribution >= 0.6 is 0 Å². The molecule has 4 aromatic heterocycles. The molecule has 0 spiro atoms. The first kappa shape index (κ1) is 25.9. The van der Waals surface area contributed by atoms with E-state index in [4.69, 9.17) is 15.0 Å². The van der Waals surface area contributed by atoms with Gasteiger partial charge in [-0.25, -0.2) is 0 Å². The van der Waals surface area contributed by atoms with Gasteiger partial charge in [-0.3, -0.25) is 15.1 Å². The number of hydrogen-bond donors (Lipinski definition) is 1. The Labute approximate surface area is 270 Å². The molecule has 2 atom stereocenters. The molecule has 1 N–H and O–H groups in total. The van der Waals surface area contributed by atoms with Gasteiger partial charge in [0.1, 0.15) is 7.05 Å². The van der Waals surface area contributed by atoms with Gasteiger partial charge in [-0.05, 0) is 63.2 Å². The zero-order chi connectivity index (χ0) is 31.2. The predicted molar refractivity (Wildman–Crippen MR) is 176 cm³/mol. The summed E-state index contributed by atoms with van der Waals surface area (Å²) in [6.07, 6.45) is 13.0. The van der Waals surface area contributed by atoms with Gasteiger partial charge in [0.2, 0.25) is 5.54 Å². The zero-order valence-corrected chi connectivity index (χ0v) is 25.3. The molecule has 0 radical (unpaired) electrons. The Hall–Kier alpha value is -6.37. The quantitative estimate of drug-likeness (QED) is 0.234. The molecule has 3 aromatic carbocycles. The fourth-order valence-electron chi connectivity index (χ4n) is 8.29.